The van der Waals surface area contributed by atoms with E-state index < -0.39 is 183 Å². The zero-order valence-corrected chi connectivity index (χ0v) is 44.2. The summed E-state index contributed by atoms with van der Waals surface area (Å²) in [4.78, 5) is 51.1. The van der Waals surface area contributed by atoms with Gasteiger partial charge in [0.1, 0.15) is 103 Å². The molecule has 30 heteroatoms. The van der Waals surface area contributed by atoms with Crippen molar-refractivity contribution < 1.29 is 120 Å². The number of carbonyl (C=O) groups is 4. The molecule has 4 amide bonds. The Labute approximate surface area is 450 Å². The van der Waals surface area contributed by atoms with Crippen molar-refractivity contribution in [3.05, 3.63) is 29.8 Å². The first-order chi connectivity index (χ1) is 37.0. The van der Waals surface area contributed by atoms with E-state index in [1.54, 1.807) is 12.1 Å². The quantitative estimate of drug-likeness (QED) is 0.0248. The van der Waals surface area contributed by atoms with Gasteiger partial charge in [-0.25, -0.2) is 4.18 Å². The molecule has 0 saturated carbocycles. The maximum Gasteiger partial charge on any atom is 0.397 e. The highest BCUT2D eigenvalue weighted by Gasteiger charge is 2.56. The standard InChI is InChI=1S/C48H74N4O25S/c1-5-6-7-8-9-10-11-12-13-17-69-27-16-14-15-26(18-27)44(64)52-33-37(60)36(59)28(19-53)72-46(33)75-41-29(20-54)73-47(34(39(41)62)50-24(3)57)76-42-30(21-55)74-48(35(40(42)63)51-25(4)58)77-43-31(22-70-78(66,67)68)71-45(65)32(38(43)61)49-23(2)56/h14-16,18,28-43,45-48,53-55,59-63,65H,5-9,12-13,17,19-22H2,1-4H3,(H,49,56)(H,50,57)(H,51,58)(H,52,64)(H,66,67,68)/t28?,29-,30?,31-,32?,33-,34?,35-,36+,37+,38?,39?,40?,41+,42+,43+,45?,46?,47?,48-/m0/s1. The number of amides is 4. The van der Waals surface area contributed by atoms with Gasteiger partial charge >= 0.3 is 10.4 Å². The van der Waals surface area contributed by atoms with Crippen LogP contribution in [0.5, 0.6) is 5.75 Å². The Balaban J connectivity index is 1.35. The minimum absolute atomic E-state index is 0.0447. The summed E-state index contributed by atoms with van der Waals surface area (Å²) in [6, 6.07) is -0.745. The number of unbranched alkanes of at least 4 members (excludes halogenated alkanes) is 5. The van der Waals surface area contributed by atoms with E-state index >= 15 is 0 Å². The molecular formula is C48H74N4O25S. The summed E-state index contributed by atoms with van der Waals surface area (Å²) in [5, 5.41) is 109. The van der Waals surface area contributed by atoms with Crippen LogP contribution in [0.3, 0.4) is 0 Å². The van der Waals surface area contributed by atoms with Gasteiger partial charge in [-0.1, -0.05) is 32.3 Å². The smallest absolute Gasteiger partial charge is 0.397 e. The van der Waals surface area contributed by atoms with Crippen LogP contribution < -0.4 is 26.0 Å². The Morgan fingerprint density at radius 1 is 0.590 bits per heavy atom. The number of hydrogen-bond acceptors (Lipinski definition) is 24. The van der Waals surface area contributed by atoms with Crippen molar-refractivity contribution in [1.82, 2.24) is 21.3 Å². The van der Waals surface area contributed by atoms with Crippen LogP contribution in [0.25, 0.3) is 0 Å². The second-order valence-electron chi connectivity index (χ2n) is 19.0. The maximum absolute atomic E-state index is 13.8. The van der Waals surface area contributed by atoms with Crippen LogP contribution in [-0.2, 0) is 62.1 Å². The minimum atomic E-state index is -5.16. The molecule has 442 valence electrons. The summed E-state index contributed by atoms with van der Waals surface area (Å²) >= 11 is 0. The SMILES string of the molecule is CCCCCCC#CCCCOc1cccc(C(=O)N[C@@H]2C(O[C@H]3C(O)C(NC(C)=O)C(O[C@@H]4C(CO)O[C@@H](O[C@H]5C(O)C(NC(C)=O)C(O)O[C@H]5COS(=O)(=O)O)[C@@H](NC(C)=O)C4O)O[C@H]3CO)OC(CO)[C@@H](O)[C@@H]2O)c1. The monoisotopic (exact) mass is 1140 g/mol. The number of aliphatic hydroxyl groups is 9. The van der Waals surface area contributed by atoms with Crippen molar-refractivity contribution in [2.45, 2.75) is 195 Å². The minimum Gasteiger partial charge on any atom is -0.494 e. The normalized spacial score (nSPS) is 35.1. The van der Waals surface area contributed by atoms with Crippen LogP contribution in [0, 0.1) is 11.8 Å². The molecule has 1 aromatic rings. The molecular weight excluding hydrogens is 1060 g/mol. The Morgan fingerprint density at radius 3 is 1.56 bits per heavy atom. The summed E-state index contributed by atoms with van der Waals surface area (Å²) in [5.41, 5.74) is 0.0447. The van der Waals surface area contributed by atoms with Crippen LogP contribution >= 0.6 is 0 Å². The van der Waals surface area contributed by atoms with Gasteiger partial charge in [0.05, 0.1) is 33.0 Å². The van der Waals surface area contributed by atoms with Crippen molar-refractivity contribution in [1.29, 1.82) is 0 Å². The molecule has 14 N–H and O–H groups in total. The molecule has 0 aliphatic carbocycles. The van der Waals surface area contributed by atoms with Crippen LogP contribution in [-0.4, -0.2) is 238 Å². The fraction of sp³-hybridized carbons (Fsp3) is 0.750. The van der Waals surface area contributed by atoms with Crippen molar-refractivity contribution in [2.75, 3.05) is 33.0 Å². The zero-order valence-electron chi connectivity index (χ0n) is 43.3. The summed E-state index contributed by atoms with van der Waals surface area (Å²) in [6.45, 7) is 1.51. The molecule has 1 aromatic carbocycles. The van der Waals surface area contributed by atoms with Crippen molar-refractivity contribution in [2.24, 2.45) is 0 Å². The highest BCUT2D eigenvalue weighted by atomic mass is 32.3. The summed E-state index contributed by atoms with van der Waals surface area (Å²) < 4.78 is 83.8. The molecule has 4 aliphatic heterocycles. The van der Waals surface area contributed by atoms with Gasteiger partial charge in [0.2, 0.25) is 17.7 Å². The topological polar surface area (TPSA) is 436 Å². The molecule has 20 atom stereocenters. The lowest BCUT2D eigenvalue weighted by Gasteiger charge is -2.51. The third-order valence-electron chi connectivity index (χ3n) is 13.0. The van der Waals surface area contributed by atoms with Gasteiger partial charge in [-0.3, -0.25) is 23.7 Å². The van der Waals surface area contributed by atoms with Gasteiger partial charge in [0.15, 0.2) is 25.2 Å². The van der Waals surface area contributed by atoms with Crippen LogP contribution in [0.2, 0.25) is 0 Å². The first kappa shape index (κ1) is 64.5. The van der Waals surface area contributed by atoms with E-state index in [1.807, 2.05) is 0 Å². The van der Waals surface area contributed by atoms with Gasteiger partial charge in [-0.15, -0.1) is 11.8 Å². The van der Waals surface area contributed by atoms with Crippen LogP contribution in [0.1, 0.15) is 83.0 Å². The predicted octanol–water partition coefficient (Wildman–Crippen LogP) is -4.92. The lowest BCUT2D eigenvalue weighted by molar-refractivity contribution is -0.361. The van der Waals surface area contributed by atoms with E-state index in [1.165, 1.54) is 18.6 Å². The molecule has 0 bridgehead atoms. The van der Waals surface area contributed by atoms with E-state index in [-0.39, 0.29) is 5.56 Å². The zero-order chi connectivity index (χ0) is 57.4. The molecule has 4 aliphatic rings. The first-order valence-electron chi connectivity index (χ1n) is 25.4. The molecule has 0 radical (unpaired) electrons. The Hall–Kier alpha value is -4.31. The number of rotatable bonds is 25. The largest absolute Gasteiger partial charge is 0.494 e. The second-order valence-corrected chi connectivity index (χ2v) is 20.1. The molecule has 0 spiro atoms. The van der Waals surface area contributed by atoms with Gasteiger partial charge in [0.25, 0.3) is 5.91 Å². The van der Waals surface area contributed by atoms with Gasteiger partial charge in [-0.05, 0) is 31.0 Å². The lowest BCUT2D eigenvalue weighted by Crippen LogP contribution is -2.71. The molecule has 29 nitrogen and oxygen atoms in total. The van der Waals surface area contributed by atoms with E-state index in [9.17, 15) is 78.1 Å². The highest BCUT2D eigenvalue weighted by molar-refractivity contribution is 7.80. The number of ether oxygens (including phenoxy) is 8. The molecule has 4 fully saturated rings. The Kier molecular flexibility index (Phi) is 25.2. The predicted molar refractivity (Wildman–Crippen MR) is 262 cm³/mol. The average molecular weight is 1140 g/mol. The van der Waals surface area contributed by atoms with Crippen LogP contribution in [0.15, 0.2) is 24.3 Å². The molecule has 78 heavy (non-hydrogen) atoms. The molecule has 4 heterocycles. The van der Waals surface area contributed by atoms with E-state index in [2.05, 4.69) is 44.2 Å². The average Bonchev–Trinajstić information content (AvgIpc) is 3.47. The molecule has 5 rings (SSSR count). The third kappa shape index (κ3) is 17.8. The fourth-order valence-electron chi connectivity index (χ4n) is 9.21. The summed E-state index contributed by atoms with van der Waals surface area (Å²) in [6.07, 6.45) is -23.1. The number of nitrogens with one attached hydrogen (secondary N) is 4. The summed E-state index contributed by atoms with van der Waals surface area (Å²) in [7, 11) is -5.16. The Morgan fingerprint density at radius 2 is 1.06 bits per heavy atom. The first-order valence-corrected chi connectivity index (χ1v) is 26.8. The summed E-state index contributed by atoms with van der Waals surface area (Å²) in [5.74, 6) is 3.39. The number of benzene rings is 1. The number of carbonyl (C=O) groups excluding carboxylic acids is 4. The second kappa shape index (κ2) is 30.5. The van der Waals surface area contributed by atoms with E-state index in [0.29, 0.717) is 25.2 Å². The molecule has 0 aromatic heterocycles. The Bertz CT molecular complexity index is 2280. The lowest BCUT2D eigenvalue weighted by atomic mass is 9.93. The molecule has 10 unspecified atom stereocenters. The van der Waals surface area contributed by atoms with Crippen LogP contribution in [0.4, 0.5) is 0 Å². The molecule has 4 saturated heterocycles. The van der Waals surface area contributed by atoms with Gasteiger partial charge in [0, 0.05) is 39.2 Å². The van der Waals surface area contributed by atoms with E-state index in [4.69, 9.17) is 37.9 Å². The fourth-order valence-corrected chi connectivity index (χ4v) is 9.51. The van der Waals surface area contributed by atoms with Crippen molar-refractivity contribution in [3.63, 3.8) is 0 Å². The third-order valence-corrected chi connectivity index (χ3v) is 13.5. The number of aliphatic hydroxyl groups excluding tert-OH is 9. The van der Waals surface area contributed by atoms with Crippen molar-refractivity contribution >= 4 is 34.0 Å². The highest BCUT2D eigenvalue weighted by Crippen LogP contribution is 2.35. The van der Waals surface area contributed by atoms with Gasteiger partial charge in [-0.2, -0.15) is 8.42 Å². The van der Waals surface area contributed by atoms with Gasteiger partial charge < -0.3 is 105 Å². The number of hydrogen-bond donors (Lipinski definition) is 14. The van der Waals surface area contributed by atoms with Crippen molar-refractivity contribution in [3.8, 4) is 17.6 Å². The maximum atomic E-state index is 13.8. The van der Waals surface area contributed by atoms with E-state index in [0.717, 1.165) is 46.5 Å².